The number of ketones is 1. The number of hydrogen-bond donors (Lipinski definition) is 0. The molecule has 17 heavy (non-hydrogen) atoms. The van der Waals surface area contributed by atoms with Crippen LogP contribution in [-0.4, -0.2) is 15.6 Å². The van der Waals surface area contributed by atoms with Gasteiger partial charge in [0.15, 0.2) is 0 Å². The molecule has 0 spiro atoms. The summed E-state index contributed by atoms with van der Waals surface area (Å²) in [6, 6.07) is 3.99. The molecule has 3 aromatic rings. The maximum atomic E-state index is 12.3. The van der Waals surface area contributed by atoms with Crippen LogP contribution in [0.1, 0.15) is 15.4 Å². The second-order valence-electron chi connectivity index (χ2n) is 3.55. The second kappa shape index (κ2) is 4.04. The van der Waals surface area contributed by atoms with E-state index in [9.17, 15) is 4.79 Å². The van der Waals surface area contributed by atoms with E-state index in [4.69, 9.17) is 0 Å². The maximum absolute atomic E-state index is 12.3. The van der Waals surface area contributed by atoms with Crippen LogP contribution >= 0.6 is 38.6 Å². The molecule has 0 amide bonds. The monoisotopic (exact) mass is 326 g/mol. The molecule has 3 aromatic heterocycles. The molecule has 0 N–H and O–H groups in total. The van der Waals surface area contributed by atoms with Gasteiger partial charge in [-0.3, -0.25) is 9.48 Å². The first-order valence-electron chi connectivity index (χ1n) is 4.86. The van der Waals surface area contributed by atoms with E-state index in [2.05, 4.69) is 21.0 Å². The molecule has 0 unspecified atom stereocenters. The number of thiophene rings is 2. The minimum absolute atomic E-state index is 0.0188. The Morgan fingerprint density at radius 2 is 2.29 bits per heavy atom. The van der Waals surface area contributed by atoms with Gasteiger partial charge in [-0.1, -0.05) is 0 Å². The number of hydrogen-bond acceptors (Lipinski definition) is 4. The van der Waals surface area contributed by atoms with E-state index in [0.717, 1.165) is 18.7 Å². The number of halogens is 1. The molecule has 0 atom stereocenters. The highest BCUT2D eigenvalue weighted by Gasteiger charge is 2.19. The molecule has 0 saturated heterocycles. The lowest BCUT2D eigenvalue weighted by Gasteiger charge is -1.99. The molecule has 3 rings (SSSR count). The molecular formula is C11H7BrN2OS2. The zero-order valence-corrected chi connectivity index (χ0v) is 12.0. The van der Waals surface area contributed by atoms with Gasteiger partial charge in [-0.2, -0.15) is 5.10 Å². The van der Waals surface area contributed by atoms with E-state index in [1.807, 2.05) is 17.5 Å². The van der Waals surface area contributed by atoms with Gasteiger partial charge >= 0.3 is 0 Å². The third-order valence-corrected chi connectivity index (χ3v) is 5.14. The molecule has 0 aliphatic rings. The van der Waals surface area contributed by atoms with Crippen LogP contribution < -0.4 is 0 Å². The summed E-state index contributed by atoms with van der Waals surface area (Å²) in [6.45, 7) is 0. The summed E-state index contributed by atoms with van der Waals surface area (Å²) in [6.07, 6.45) is 1.64. The normalized spacial score (nSPS) is 11.2. The Labute approximate surface area is 114 Å². The molecule has 0 bridgehead atoms. The van der Waals surface area contributed by atoms with E-state index >= 15 is 0 Å². The first-order valence-corrected chi connectivity index (χ1v) is 7.35. The third-order valence-electron chi connectivity index (χ3n) is 2.47. The van der Waals surface area contributed by atoms with Gasteiger partial charge in [0.1, 0.15) is 5.69 Å². The summed E-state index contributed by atoms with van der Waals surface area (Å²) in [4.78, 5) is 13.1. The van der Waals surface area contributed by atoms with Crippen molar-refractivity contribution in [3.63, 3.8) is 0 Å². The highest BCUT2D eigenvalue weighted by atomic mass is 79.9. The van der Waals surface area contributed by atoms with Crippen molar-refractivity contribution in [2.45, 2.75) is 0 Å². The Balaban J connectivity index is 2.11. The second-order valence-corrected chi connectivity index (χ2v) is 6.44. The van der Waals surface area contributed by atoms with Crippen molar-refractivity contribution in [2.24, 2.45) is 7.05 Å². The topological polar surface area (TPSA) is 34.9 Å². The lowest BCUT2D eigenvalue weighted by Crippen LogP contribution is -2.07. The average molecular weight is 327 g/mol. The van der Waals surface area contributed by atoms with Crippen LogP contribution in [0.3, 0.4) is 0 Å². The minimum Gasteiger partial charge on any atom is -0.286 e. The van der Waals surface area contributed by atoms with E-state index in [1.165, 1.54) is 11.3 Å². The fourth-order valence-corrected chi connectivity index (χ4v) is 4.24. The van der Waals surface area contributed by atoms with Crippen molar-refractivity contribution in [2.75, 3.05) is 0 Å². The summed E-state index contributed by atoms with van der Waals surface area (Å²) >= 11 is 6.53. The number of aryl methyl sites for hydroxylation is 1. The van der Waals surface area contributed by atoms with E-state index in [1.54, 1.807) is 29.3 Å². The smallest absolute Gasteiger partial charge is 0.222 e. The molecule has 0 aliphatic carbocycles. The average Bonchev–Trinajstić information content (AvgIpc) is 2.92. The molecule has 3 heterocycles. The number of rotatable bonds is 2. The van der Waals surface area contributed by atoms with Crippen molar-refractivity contribution >= 4 is 53.8 Å². The predicted octanol–water partition coefficient (Wildman–Crippen LogP) is 3.69. The van der Waals surface area contributed by atoms with Crippen LogP contribution in [-0.2, 0) is 7.05 Å². The maximum Gasteiger partial charge on any atom is 0.222 e. The number of fused-ring (bicyclic) bond motifs is 1. The van der Waals surface area contributed by atoms with Crippen molar-refractivity contribution in [3.05, 3.63) is 38.8 Å². The fourth-order valence-electron chi connectivity index (χ4n) is 1.66. The first kappa shape index (κ1) is 11.1. The quantitative estimate of drug-likeness (QED) is 0.673. The molecule has 6 heteroatoms. The first-order chi connectivity index (χ1) is 8.16. The largest absolute Gasteiger partial charge is 0.286 e. The van der Waals surface area contributed by atoms with Crippen LogP contribution in [0.2, 0.25) is 0 Å². The Morgan fingerprint density at radius 3 is 2.94 bits per heavy atom. The molecule has 0 aromatic carbocycles. The number of carbonyl (C=O) groups excluding carboxylic acids is 1. The third kappa shape index (κ3) is 1.76. The Hall–Kier alpha value is -0.980. The van der Waals surface area contributed by atoms with Crippen molar-refractivity contribution in [1.82, 2.24) is 9.78 Å². The van der Waals surface area contributed by atoms with E-state index < -0.39 is 0 Å². The van der Waals surface area contributed by atoms with Crippen molar-refractivity contribution in [3.8, 4) is 0 Å². The van der Waals surface area contributed by atoms with Gasteiger partial charge in [0.05, 0.1) is 15.5 Å². The number of carbonyl (C=O) groups is 1. The predicted molar refractivity (Wildman–Crippen MR) is 74.0 cm³/mol. The lowest BCUT2D eigenvalue weighted by molar-refractivity contribution is 0.103. The van der Waals surface area contributed by atoms with Gasteiger partial charge in [-0.05, 0) is 33.4 Å². The van der Waals surface area contributed by atoms with Crippen LogP contribution in [0, 0.1) is 0 Å². The standard InChI is InChI=1S/C11H7BrN2OS2/c1-14-10(6(12)5-13-14)11(15)9-4-8-7(17-9)2-3-16-8/h2-5H,1H3. The van der Waals surface area contributed by atoms with Crippen LogP contribution in [0.5, 0.6) is 0 Å². The van der Waals surface area contributed by atoms with Gasteiger partial charge < -0.3 is 0 Å². The molecule has 0 aliphatic heterocycles. The summed E-state index contributed by atoms with van der Waals surface area (Å²) in [5.74, 6) is 0.0188. The molecule has 86 valence electrons. The summed E-state index contributed by atoms with van der Waals surface area (Å²) in [7, 11) is 1.77. The Kier molecular flexibility index (Phi) is 2.65. The van der Waals surface area contributed by atoms with Gasteiger partial charge in [0.2, 0.25) is 5.78 Å². The van der Waals surface area contributed by atoms with Gasteiger partial charge in [-0.15, -0.1) is 22.7 Å². The summed E-state index contributed by atoms with van der Waals surface area (Å²) in [5.41, 5.74) is 0.596. The minimum atomic E-state index is 0.0188. The molecular weight excluding hydrogens is 320 g/mol. The zero-order chi connectivity index (χ0) is 12.0. The SMILES string of the molecule is Cn1ncc(Br)c1C(=O)c1cc2sccc2s1. The zero-order valence-electron chi connectivity index (χ0n) is 8.81. The lowest BCUT2D eigenvalue weighted by atomic mass is 10.2. The van der Waals surface area contributed by atoms with Crippen LogP contribution in [0.4, 0.5) is 0 Å². The molecule has 0 fully saturated rings. The van der Waals surface area contributed by atoms with Gasteiger partial charge in [0.25, 0.3) is 0 Å². The highest BCUT2D eigenvalue weighted by Crippen LogP contribution is 2.32. The number of aromatic nitrogens is 2. The van der Waals surface area contributed by atoms with Crippen molar-refractivity contribution < 1.29 is 4.79 Å². The highest BCUT2D eigenvalue weighted by molar-refractivity contribution is 9.10. The molecule has 0 saturated carbocycles. The van der Waals surface area contributed by atoms with Crippen LogP contribution in [0.15, 0.2) is 28.2 Å². The number of nitrogens with zero attached hydrogens (tertiary/aromatic N) is 2. The van der Waals surface area contributed by atoms with E-state index in [0.29, 0.717) is 5.69 Å². The van der Waals surface area contributed by atoms with Crippen LogP contribution in [0.25, 0.3) is 9.40 Å². The summed E-state index contributed by atoms with van der Waals surface area (Å²) in [5, 5.41) is 6.10. The van der Waals surface area contributed by atoms with E-state index in [-0.39, 0.29) is 5.78 Å². The summed E-state index contributed by atoms with van der Waals surface area (Å²) < 4.78 is 4.66. The fraction of sp³-hybridized carbons (Fsp3) is 0.0909. The Morgan fingerprint density at radius 1 is 1.47 bits per heavy atom. The Bertz CT molecular complexity index is 662. The molecule has 3 nitrogen and oxygen atoms in total. The van der Waals surface area contributed by atoms with Gasteiger partial charge in [0, 0.05) is 16.4 Å². The van der Waals surface area contributed by atoms with Gasteiger partial charge in [-0.25, -0.2) is 0 Å². The molecule has 0 radical (unpaired) electrons. The van der Waals surface area contributed by atoms with Crippen molar-refractivity contribution in [1.29, 1.82) is 0 Å².